The normalized spacial score (nSPS) is 20.8. The van der Waals surface area contributed by atoms with Gasteiger partial charge in [0.2, 0.25) is 0 Å². The lowest BCUT2D eigenvalue weighted by Gasteiger charge is -2.29. The van der Waals surface area contributed by atoms with Gasteiger partial charge in [-0.25, -0.2) is 8.78 Å². The summed E-state index contributed by atoms with van der Waals surface area (Å²) in [4.78, 5) is 0. The molecule has 2 unspecified atom stereocenters. The van der Waals surface area contributed by atoms with Crippen LogP contribution in [0.5, 0.6) is 5.75 Å². The van der Waals surface area contributed by atoms with Crippen LogP contribution in [-0.4, -0.2) is 11.7 Å². The van der Waals surface area contributed by atoms with Gasteiger partial charge in [-0.15, -0.1) is 0 Å². The van der Waals surface area contributed by atoms with Crippen LogP contribution in [0.25, 0.3) is 11.1 Å². The standard InChI is InChI=1S/C28H28ClF2NO2/c1-16-13-17-9-10-21(33)24(17)27(31)23(16)25-19-15-28(11-5-6-12-32,18-7-3-2-4-8-18)34-22(19)14-20(30)26(25)29/h2-4,7-8,13-14,21,33H,5-6,9-12,15,32H2,1H3. The lowest BCUT2D eigenvalue weighted by atomic mass is 9.82. The van der Waals surface area contributed by atoms with Crippen molar-refractivity contribution in [1.82, 2.24) is 0 Å². The van der Waals surface area contributed by atoms with Gasteiger partial charge in [-0.3, -0.25) is 0 Å². The number of ether oxygens (including phenoxy) is 1. The van der Waals surface area contributed by atoms with Gasteiger partial charge in [0.15, 0.2) is 0 Å². The van der Waals surface area contributed by atoms with Gasteiger partial charge >= 0.3 is 0 Å². The molecule has 0 amide bonds. The SMILES string of the molecule is Cc1cc2c(c(F)c1-c1c(Cl)c(F)cc3c1CC(CCCCN)(c1ccccc1)O3)C(O)CC2. The second-order valence-electron chi connectivity index (χ2n) is 9.42. The Bertz CT molecular complexity index is 1250. The molecule has 6 heteroatoms. The van der Waals surface area contributed by atoms with Gasteiger partial charge in [-0.1, -0.05) is 48.0 Å². The van der Waals surface area contributed by atoms with Gasteiger partial charge in [0.25, 0.3) is 0 Å². The number of unbranched alkanes of at least 4 members (excludes halogenated alkanes) is 1. The molecule has 2 atom stereocenters. The van der Waals surface area contributed by atoms with Crippen LogP contribution in [0.15, 0.2) is 42.5 Å². The van der Waals surface area contributed by atoms with Crippen LogP contribution in [0.2, 0.25) is 5.02 Å². The summed E-state index contributed by atoms with van der Waals surface area (Å²) >= 11 is 6.53. The highest BCUT2D eigenvalue weighted by molar-refractivity contribution is 6.34. The molecular weight excluding hydrogens is 456 g/mol. The first-order valence-electron chi connectivity index (χ1n) is 11.8. The summed E-state index contributed by atoms with van der Waals surface area (Å²) in [5, 5.41) is 10.3. The van der Waals surface area contributed by atoms with Crippen LogP contribution in [0.3, 0.4) is 0 Å². The summed E-state index contributed by atoms with van der Waals surface area (Å²) in [5.74, 6) is -0.788. The second kappa shape index (κ2) is 8.95. The number of aliphatic hydroxyl groups excluding tert-OH is 1. The molecule has 0 spiro atoms. The molecule has 1 aliphatic carbocycles. The van der Waals surface area contributed by atoms with E-state index in [4.69, 9.17) is 22.1 Å². The molecule has 3 nitrogen and oxygen atoms in total. The molecule has 3 N–H and O–H groups in total. The fourth-order valence-electron chi connectivity index (χ4n) is 5.61. The number of aliphatic hydroxyl groups is 1. The maximum atomic E-state index is 15.9. The van der Waals surface area contributed by atoms with Crippen molar-refractivity contribution in [2.45, 2.75) is 57.2 Å². The number of aryl methyl sites for hydroxylation is 2. The molecule has 3 aromatic carbocycles. The molecule has 34 heavy (non-hydrogen) atoms. The molecule has 5 rings (SSSR count). The first kappa shape index (κ1) is 23.3. The van der Waals surface area contributed by atoms with E-state index in [0.717, 1.165) is 24.0 Å². The van der Waals surface area contributed by atoms with Crippen LogP contribution in [0.4, 0.5) is 8.78 Å². The number of benzene rings is 3. The summed E-state index contributed by atoms with van der Waals surface area (Å²) in [5.41, 5.74) is 9.02. The number of fused-ring (bicyclic) bond motifs is 2. The number of nitrogens with two attached hydrogens (primary N) is 1. The Balaban J connectivity index is 1.69. The predicted molar refractivity (Wildman–Crippen MR) is 130 cm³/mol. The topological polar surface area (TPSA) is 55.5 Å². The van der Waals surface area contributed by atoms with Crippen molar-refractivity contribution in [2.75, 3.05) is 6.54 Å². The van der Waals surface area contributed by atoms with E-state index < -0.39 is 23.3 Å². The quantitative estimate of drug-likeness (QED) is 0.392. The minimum absolute atomic E-state index is 0.123. The molecule has 0 saturated heterocycles. The molecule has 0 radical (unpaired) electrons. The first-order chi connectivity index (χ1) is 16.4. The summed E-state index contributed by atoms with van der Waals surface area (Å²) in [6.45, 7) is 2.38. The fourth-order valence-corrected chi connectivity index (χ4v) is 5.88. The highest BCUT2D eigenvalue weighted by Gasteiger charge is 2.43. The lowest BCUT2D eigenvalue weighted by Crippen LogP contribution is -2.31. The van der Waals surface area contributed by atoms with Gasteiger partial charge in [0.1, 0.15) is 23.0 Å². The Morgan fingerprint density at radius 3 is 2.65 bits per heavy atom. The Morgan fingerprint density at radius 1 is 1.15 bits per heavy atom. The monoisotopic (exact) mass is 483 g/mol. The highest BCUT2D eigenvalue weighted by atomic mass is 35.5. The molecule has 1 heterocycles. The van der Waals surface area contributed by atoms with Crippen LogP contribution in [-0.2, 0) is 18.4 Å². The molecule has 3 aromatic rings. The molecular formula is C28H28ClF2NO2. The Kier molecular flexibility index (Phi) is 6.13. The lowest BCUT2D eigenvalue weighted by molar-refractivity contribution is 0.0793. The summed E-state index contributed by atoms with van der Waals surface area (Å²) < 4.78 is 37.5. The Hall–Kier alpha value is -2.47. The Labute approximate surface area is 203 Å². The van der Waals surface area contributed by atoms with Gasteiger partial charge in [0.05, 0.1) is 11.1 Å². The van der Waals surface area contributed by atoms with E-state index in [9.17, 15) is 5.11 Å². The van der Waals surface area contributed by atoms with Crippen LogP contribution < -0.4 is 10.5 Å². The summed E-state index contributed by atoms with van der Waals surface area (Å²) in [6.07, 6.45) is 3.02. The van der Waals surface area contributed by atoms with Crippen molar-refractivity contribution < 1.29 is 18.6 Å². The average Bonchev–Trinajstić information content (AvgIpc) is 3.38. The van der Waals surface area contributed by atoms with Crippen LogP contribution in [0, 0.1) is 18.6 Å². The maximum absolute atomic E-state index is 15.9. The summed E-state index contributed by atoms with van der Waals surface area (Å²) in [7, 11) is 0. The van der Waals surface area contributed by atoms with Crippen molar-refractivity contribution in [2.24, 2.45) is 5.73 Å². The number of rotatable bonds is 6. The largest absolute Gasteiger partial charge is 0.482 e. The zero-order chi connectivity index (χ0) is 24.0. The molecule has 2 aliphatic rings. The van der Waals surface area contributed by atoms with Crippen LogP contribution >= 0.6 is 11.6 Å². The Morgan fingerprint density at radius 2 is 1.91 bits per heavy atom. The molecule has 0 aromatic heterocycles. The third kappa shape index (κ3) is 3.71. The van der Waals surface area contributed by atoms with Crippen LogP contribution in [0.1, 0.15) is 59.6 Å². The second-order valence-corrected chi connectivity index (χ2v) is 9.80. The number of hydrogen-bond donors (Lipinski definition) is 2. The molecule has 0 bridgehead atoms. The third-order valence-corrected chi connectivity index (χ3v) is 7.62. The molecule has 178 valence electrons. The first-order valence-corrected chi connectivity index (χ1v) is 12.2. The van der Waals surface area contributed by atoms with Crippen molar-refractivity contribution in [1.29, 1.82) is 0 Å². The highest BCUT2D eigenvalue weighted by Crippen LogP contribution is 2.52. The van der Waals surface area contributed by atoms with Gasteiger partial charge < -0.3 is 15.6 Å². The van der Waals surface area contributed by atoms with Gasteiger partial charge in [0, 0.05) is 34.7 Å². The van der Waals surface area contributed by atoms with E-state index in [2.05, 4.69) is 0 Å². The average molecular weight is 484 g/mol. The zero-order valence-electron chi connectivity index (χ0n) is 19.1. The summed E-state index contributed by atoms with van der Waals surface area (Å²) in [6, 6.07) is 13.0. The van der Waals surface area contributed by atoms with E-state index in [1.807, 2.05) is 36.4 Å². The van der Waals surface area contributed by atoms with E-state index in [0.29, 0.717) is 60.2 Å². The zero-order valence-corrected chi connectivity index (χ0v) is 19.9. The van der Waals surface area contributed by atoms with E-state index >= 15 is 8.78 Å². The molecule has 0 fully saturated rings. The smallest absolute Gasteiger partial charge is 0.146 e. The van der Waals surface area contributed by atoms with Gasteiger partial charge in [-0.2, -0.15) is 0 Å². The maximum Gasteiger partial charge on any atom is 0.146 e. The number of hydrogen-bond acceptors (Lipinski definition) is 3. The third-order valence-electron chi connectivity index (χ3n) is 7.25. The van der Waals surface area contributed by atoms with Gasteiger partial charge in [-0.05, 0) is 62.3 Å². The van der Waals surface area contributed by atoms with E-state index in [1.54, 1.807) is 6.92 Å². The van der Waals surface area contributed by atoms with Crippen molar-refractivity contribution in [3.8, 4) is 16.9 Å². The van der Waals surface area contributed by atoms with Crippen molar-refractivity contribution >= 4 is 11.6 Å². The minimum Gasteiger partial charge on any atom is -0.482 e. The molecule has 1 aliphatic heterocycles. The molecule has 0 saturated carbocycles. The van der Waals surface area contributed by atoms with Crippen molar-refractivity contribution in [3.05, 3.63) is 86.9 Å². The number of halogens is 3. The predicted octanol–water partition coefficient (Wildman–Crippen LogP) is 6.53. The van der Waals surface area contributed by atoms with E-state index in [-0.39, 0.29) is 10.6 Å². The van der Waals surface area contributed by atoms with E-state index in [1.165, 1.54) is 6.07 Å². The minimum atomic E-state index is -0.870. The fraction of sp³-hybridized carbons (Fsp3) is 0.357. The van der Waals surface area contributed by atoms with Crippen molar-refractivity contribution in [3.63, 3.8) is 0 Å².